The molecule has 0 amide bonds. The molecule has 1 saturated heterocycles. The Morgan fingerprint density at radius 1 is 1.35 bits per heavy atom. The van der Waals surface area contributed by atoms with Crippen molar-refractivity contribution in [1.82, 2.24) is 9.21 Å². The average molecular weight is 337 g/mol. The van der Waals surface area contributed by atoms with Gasteiger partial charge in [-0.2, -0.15) is 4.31 Å². The van der Waals surface area contributed by atoms with E-state index in [1.54, 1.807) is 15.8 Å². The van der Waals surface area contributed by atoms with Crippen LogP contribution in [0.5, 0.6) is 0 Å². The van der Waals surface area contributed by atoms with Crippen molar-refractivity contribution in [2.45, 2.75) is 37.1 Å². The topological polar surface area (TPSA) is 40.6 Å². The van der Waals surface area contributed by atoms with E-state index in [4.69, 9.17) is 11.6 Å². The maximum atomic E-state index is 12.5. The van der Waals surface area contributed by atoms with Gasteiger partial charge in [0.05, 0.1) is 10.8 Å². The van der Waals surface area contributed by atoms with E-state index in [1.165, 1.54) is 11.3 Å². The number of halogens is 1. The minimum absolute atomic E-state index is 0.363. The van der Waals surface area contributed by atoms with E-state index < -0.39 is 10.0 Å². The Balaban J connectivity index is 2.05. The van der Waals surface area contributed by atoms with E-state index >= 15 is 0 Å². The number of alkyl halides is 1. The number of nitrogens with zero attached hydrogens (tertiary/aromatic N) is 2. The molecular weight excluding hydrogens is 316 g/mol. The molecule has 1 fully saturated rings. The van der Waals surface area contributed by atoms with E-state index in [0.29, 0.717) is 29.9 Å². The number of piperazine rings is 1. The molecule has 20 heavy (non-hydrogen) atoms. The molecule has 0 radical (unpaired) electrons. The van der Waals surface area contributed by atoms with Crippen LogP contribution in [0.2, 0.25) is 0 Å². The van der Waals surface area contributed by atoms with Gasteiger partial charge < -0.3 is 0 Å². The van der Waals surface area contributed by atoms with Crippen LogP contribution in [-0.2, 0) is 15.9 Å². The van der Waals surface area contributed by atoms with Gasteiger partial charge in [0.2, 0.25) is 10.0 Å². The van der Waals surface area contributed by atoms with Gasteiger partial charge in [0.1, 0.15) is 0 Å². The van der Waals surface area contributed by atoms with Gasteiger partial charge in [-0.25, -0.2) is 8.42 Å². The fourth-order valence-electron chi connectivity index (χ4n) is 2.36. The molecule has 0 spiro atoms. The molecule has 1 aliphatic rings. The molecule has 2 heterocycles. The first-order valence-electron chi connectivity index (χ1n) is 6.86. The van der Waals surface area contributed by atoms with Crippen molar-refractivity contribution in [2.24, 2.45) is 0 Å². The van der Waals surface area contributed by atoms with Crippen LogP contribution < -0.4 is 0 Å². The van der Waals surface area contributed by atoms with Crippen LogP contribution in [0.3, 0.4) is 0 Å². The summed E-state index contributed by atoms with van der Waals surface area (Å²) in [5, 5.41) is 1.69. The van der Waals surface area contributed by atoms with Crippen molar-refractivity contribution >= 4 is 33.0 Å². The van der Waals surface area contributed by atoms with Crippen molar-refractivity contribution in [2.75, 3.05) is 26.2 Å². The first-order valence-corrected chi connectivity index (χ1v) is 9.72. The fraction of sp³-hybridized carbons (Fsp3) is 0.692. The molecule has 1 aromatic heterocycles. The predicted octanol–water partition coefficient (Wildman–Crippen LogP) is 2.59. The van der Waals surface area contributed by atoms with E-state index in [1.807, 2.05) is 0 Å². The van der Waals surface area contributed by atoms with Crippen LogP contribution in [0.1, 0.15) is 25.1 Å². The standard InChI is InChI=1S/C13H21ClN2O2S2/c1-3-11(2)15-4-6-16(7-5-15)20(17,18)13-8-12(9-14)19-10-13/h8,10-11H,3-7,9H2,1-2H3. The van der Waals surface area contributed by atoms with Crippen molar-refractivity contribution < 1.29 is 8.42 Å². The lowest BCUT2D eigenvalue weighted by Crippen LogP contribution is -2.51. The molecule has 114 valence electrons. The van der Waals surface area contributed by atoms with Crippen molar-refractivity contribution in [3.8, 4) is 0 Å². The Morgan fingerprint density at radius 3 is 2.50 bits per heavy atom. The molecule has 0 N–H and O–H groups in total. The smallest absolute Gasteiger partial charge is 0.243 e. The molecule has 1 aromatic rings. The van der Waals surface area contributed by atoms with Crippen LogP contribution in [0.15, 0.2) is 16.3 Å². The molecule has 7 heteroatoms. The second-order valence-electron chi connectivity index (χ2n) is 5.08. The summed E-state index contributed by atoms with van der Waals surface area (Å²) in [5.74, 6) is 0.363. The Bertz CT molecular complexity index is 536. The first kappa shape index (κ1) is 16.2. The van der Waals surface area contributed by atoms with Crippen molar-refractivity contribution in [1.29, 1.82) is 0 Å². The molecule has 4 nitrogen and oxygen atoms in total. The van der Waals surface area contributed by atoms with Crippen LogP contribution in [-0.4, -0.2) is 49.8 Å². The second-order valence-corrected chi connectivity index (χ2v) is 8.28. The molecule has 0 aliphatic carbocycles. The molecular formula is C13H21ClN2O2S2. The second kappa shape index (κ2) is 6.75. The van der Waals surface area contributed by atoms with E-state index in [9.17, 15) is 8.42 Å². The normalized spacial score (nSPS) is 20.1. The lowest BCUT2D eigenvalue weighted by atomic mass is 10.2. The summed E-state index contributed by atoms with van der Waals surface area (Å²) in [4.78, 5) is 3.63. The van der Waals surface area contributed by atoms with Crippen LogP contribution in [0.25, 0.3) is 0 Å². The summed E-state index contributed by atoms with van der Waals surface area (Å²) in [6.07, 6.45) is 1.09. The zero-order valence-corrected chi connectivity index (χ0v) is 14.3. The fourth-order valence-corrected chi connectivity index (χ4v) is 5.16. The molecule has 0 bridgehead atoms. The number of hydrogen-bond acceptors (Lipinski definition) is 4. The predicted molar refractivity (Wildman–Crippen MR) is 84.0 cm³/mol. The average Bonchev–Trinajstić information content (AvgIpc) is 2.96. The molecule has 0 aromatic carbocycles. The number of rotatable bonds is 5. The van der Waals surface area contributed by atoms with Crippen molar-refractivity contribution in [3.63, 3.8) is 0 Å². The minimum Gasteiger partial charge on any atom is -0.298 e. The third-order valence-corrected chi connectivity index (χ3v) is 7.30. The Kier molecular flexibility index (Phi) is 5.48. The molecule has 1 atom stereocenters. The highest BCUT2D eigenvalue weighted by Crippen LogP contribution is 2.25. The quantitative estimate of drug-likeness (QED) is 0.776. The van der Waals surface area contributed by atoms with Gasteiger partial charge in [-0.1, -0.05) is 6.92 Å². The van der Waals surface area contributed by atoms with E-state index in [2.05, 4.69) is 18.7 Å². The molecule has 1 unspecified atom stereocenters. The summed E-state index contributed by atoms with van der Waals surface area (Å²) < 4.78 is 26.7. The van der Waals surface area contributed by atoms with Crippen LogP contribution in [0, 0.1) is 0 Å². The summed E-state index contributed by atoms with van der Waals surface area (Å²) in [5.41, 5.74) is 0. The van der Waals surface area contributed by atoms with Gasteiger partial charge in [-0.3, -0.25) is 4.90 Å². The van der Waals surface area contributed by atoms with Gasteiger partial charge in [0.25, 0.3) is 0 Å². The van der Waals surface area contributed by atoms with Crippen molar-refractivity contribution in [3.05, 3.63) is 16.3 Å². The highest BCUT2D eigenvalue weighted by Gasteiger charge is 2.30. The van der Waals surface area contributed by atoms with E-state index in [0.717, 1.165) is 24.4 Å². The summed E-state index contributed by atoms with van der Waals surface area (Å²) in [7, 11) is -3.35. The Hall–Kier alpha value is -0.140. The minimum atomic E-state index is -3.35. The van der Waals surface area contributed by atoms with Gasteiger partial charge in [0.15, 0.2) is 0 Å². The molecule has 2 rings (SSSR count). The SMILES string of the molecule is CCC(C)N1CCN(S(=O)(=O)c2csc(CCl)c2)CC1. The molecule has 0 saturated carbocycles. The van der Waals surface area contributed by atoms with Crippen LogP contribution in [0.4, 0.5) is 0 Å². The Labute approximate surface area is 130 Å². The van der Waals surface area contributed by atoms with E-state index in [-0.39, 0.29) is 0 Å². The monoisotopic (exact) mass is 336 g/mol. The zero-order chi connectivity index (χ0) is 14.8. The van der Waals surface area contributed by atoms with Gasteiger partial charge >= 0.3 is 0 Å². The highest BCUT2D eigenvalue weighted by molar-refractivity contribution is 7.89. The van der Waals surface area contributed by atoms with Gasteiger partial charge in [-0.15, -0.1) is 22.9 Å². The Morgan fingerprint density at radius 2 is 2.00 bits per heavy atom. The molecule has 1 aliphatic heterocycles. The summed E-state index contributed by atoms with van der Waals surface area (Å²) in [6, 6.07) is 2.21. The number of hydrogen-bond donors (Lipinski definition) is 0. The first-order chi connectivity index (χ1) is 9.48. The maximum Gasteiger partial charge on any atom is 0.243 e. The highest BCUT2D eigenvalue weighted by atomic mass is 35.5. The van der Waals surface area contributed by atoms with Crippen LogP contribution >= 0.6 is 22.9 Å². The lowest BCUT2D eigenvalue weighted by Gasteiger charge is -2.37. The van der Waals surface area contributed by atoms with Gasteiger partial charge in [0, 0.05) is 42.5 Å². The largest absolute Gasteiger partial charge is 0.298 e. The maximum absolute atomic E-state index is 12.5. The third-order valence-electron chi connectivity index (χ3n) is 3.89. The zero-order valence-electron chi connectivity index (χ0n) is 11.9. The number of thiophene rings is 1. The van der Waals surface area contributed by atoms with Gasteiger partial charge in [-0.05, 0) is 19.4 Å². The summed E-state index contributed by atoms with van der Waals surface area (Å²) in [6.45, 7) is 7.10. The summed E-state index contributed by atoms with van der Waals surface area (Å²) >= 11 is 7.14. The number of sulfonamides is 1. The third kappa shape index (κ3) is 3.36. The lowest BCUT2D eigenvalue weighted by molar-refractivity contribution is 0.142.